The van der Waals surface area contributed by atoms with Crippen LogP contribution in [0.1, 0.15) is 39.5 Å². The Bertz CT molecular complexity index is 162. The summed E-state index contributed by atoms with van der Waals surface area (Å²) in [7, 11) is 0. The molecule has 0 aromatic heterocycles. The lowest BCUT2D eigenvalue weighted by atomic mass is 10.1. The van der Waals surface area contributed by atoms with E-state index >= 15 is 0 Å². The number of aliphatic hydroxyl groups excluding tert-OH is 1. The van der Waals surface area contributed by atoms with Crippen molar-refractivity contribution in [1.82, 2.24) is 5.32 Å². The number of unbranched alkanes of at least 4 members (excludes halogenated alkanes) is 1. The monoisotopic (exact) mass is 217 g/mol. The first-order valence-corrected chi connectivity index (χ1v) is 5.72. The molecule has 0 spiro atoms. The molecule has 90 valence electrons. The molecule has 2 N–H and O–H groups in total. The molecule has 0 aliphatic rings. The van der Waals surface area contributed by atoms with Gasteiger partial charge in [-0.2, -0.15) is 0 Å². The van der Waals surface area contributed by atoms with Gasteiger partial charge in [-0.25, -0.2) is 4.79 Å². The second-order valence-electron chi connectivity index (χ2n) is 3.82. The molecule has 0 heterocycles. The number of amides is 1. The number of rotatable bonds is 8. The van der Waals surface area contributed by atoms with Crippen LogP contribution in [0.25, 0.3) is 0 Å². The number of ether oxygens (including phenoxy) is 1. The number of aliphatic hydroxyl groups is 1. The number of carbonyl (C=O) groups excluding carboxylic acids is 1. The molecule has 1 atom stereocenters. The van der Waals surface area contributed by atoms with Crippen LogP contribution >= 0.6 is 0 Å². The summed E-state index contributed by atoms with van der Waals surface area (Å²) in [5.41, 5.74) is 0. The summed E-state index contributed by atoms with van der Waals surface area (Å²) in [5.74, 6) is 0.436. The van der Waals surface area contributed by atoms with Crippen molar-refractivity contribution in [3.63, 3.8) is 0 Å². The van der Waals surface area contributed by atoms with E-state index in [1.54, 1.807) is 0 Å². The molecule has 1 amide bonds. The number of hydrogen-bond donors (Lipinski definition) is 2. The van der Waals surface area contributed by atoms with E-state index in [1.807, 2.05) is 0 Å². The zero-order valence-electron chi connectivity index (χ0n) is 9.79. The van der Waals surface area contributed by atoms with Gasteiger partial charge < -0.3 is 15.2 Å². The lowest BCUT2D eigenvalue weighted by Gasteiger charge is -2.10. The maximum Gasteiger partial charge on any atom is 0.407 e. The zero-order valence-corrected chi connectivity index (χ0v) is 9.79. The van der Waals surface area contributed by atoms with Crippen LogP contribution in [-0.2, 0) is 4.74 Å². The average Bonchev–Trinajstić information content (AvgIpc) is 2.18. The topological polar surface area (TPSA) is 58.6 Å². The van der Waals surface area contributed by atoms with E-state index in [1.165, 1.54) is 0 Å². The van der Waals surface area contributed by atoms with Gasteiger partial charge in [-0.05, 0) is 25.2 Å². The van der Waals surface area contributed by atoms with Crippen LogP contribution in [0, 0.1) is 5.92 Å². The molecule has 0 bridgehead atoms. The van der Waals surface area contributed by atoms with Gasteiger partial charge in [-0.3, -0.25) is 0 Å². The Morgan fingerprint density at radius 1 is 1.47 bits per heavy atom. The third-order valence-corrected chi connectivity index (χ3v) is 2.26. The van der Waals surface area contributed by atoms with Gasteiger partial charge in [0.2, 0.25) is 0 Å². The van der Waals surface area contributed by atoms with Gasteiger partial charge in [-0.15, -0.1) is 0 Å². The van der Waals surface area contributed by atoms with E-state index in [-0.39, 0.29) is 12.7 Å². The second-order valence-corrected chi connectivity index (χ2v) is 3.82. The molecule has 0 unspecified atom stereocenters. The third kappa shape index (κ3) is 9.53. The van der Waals surface area contributed by atoms with Crippen LogP contribution in [0.4, 0.5) is 4.79 Å². The molecule has 4 heteroatoms. The van der Waals surface area contributed by atoms with E-state index in [0.717, 1.165) is 25.7 Å². The van der Waals surface area contributed by atoms with Crippen molar-refractivity contribution >= 4 is 6.09 Å². The van der Waals surface area contributed by atoms with Crippen molar-refractivity contribution in [2.45, 2.75) is 39.5 Å². The Labute approximate surface area is 92.0 Å². The summed E-state index contributed by atoms with van der Waals surface area (Å²) in [4.78, 5) is 11.1. The normalized spacial score (nSPS) is 12.2. The fourth-order valence-electron chi connectivity index (χ4n) is 1.15. The minimum absolute atomic E-state index is 0.210. The number of alkyl carbamates (subject to hydrolysis) is 1. The highest BCUT2D eigenvalue weighted by molar-refractivity contribution is 5.66. The van der Waals surface area contributed by atoms with Crippen molar-refractivity contribution in [1.29, 1.82) is 0 Å². The van der Waals surface area contributed by atoms with Gasteiger partial charge in [-0.1, -0.05) is 20.3 Å². The Hall–Kier alpha value is -0.770. The van der Waals surface area contributed by atoms with Crippen molar-refractivity contribution in [3.05, 3.63) is 0 Å². The number of carbonyl (C=O) groups is 1. The highest BCUT2D eigenvalue weighted by Gasteiger charge is 2.03. The van der Waals surface area contributed by atoms with E-state index < -0.39 is 0 Å². The summed E-state index contributed by atoms with van der Waals surface area (Å²) in [6.45, 7) is 5.43. The molecule has 0 rings (SSSR count). The van der Waals surface area contributed by atoms with Gasteiger partial charge in [0.05, 0.1) is 6.61 Å². The van der Waals surface area contributed by atoms with Crippen LogP contribution in [0.2, 0.25) is 0 Å². The molecule has 0 saturated carbocycles. The smallest absolute Gasteiger partial charge is 0.407 e. The maximum atomic E-state index is 11.1. The highest BCUT2D eigenvalue weighted by atomic mass is 16.5. The molecule has 15 heavy (non-hydrogen) atoms. The molecule has 0 aliphatic carbocycles. The molecular weight excluding hydrogens is 194 g/mol. The van der Waals surface area contributed by atoms with Crippen molar-refractivity contribution in [3.8, 4) is 0 Å². The summed E-state index contributed by atoms with van der Waals surface area (Å²) in [6, 6.07) is 0. The van der Waals surface area contributed by atoms with Crippen LogP contribution in [0.5, 0.6) is 0 Å². The molecule has 0 radical (unpaired) electrons. The summed E-state index contributed by atoms with van der Waals surface area (Å²) in [5, 5.41) is 11.4. The number of hydrogen-bond acceptors (Lipinski definition) is 3. The van der Waals surface area contributed by atoms with E-state index in [4.69, 9.17) is 9.84 Å². The molecule has 0 aromatic rings. The lowest BCUT2D eigenvalue weighted by Crippen LogP contribution is -2.26. The fourth-order valence-corrected chi connectivity index (χ4v) is 1.15. The minimum Gasteiger partial charge on any atom is -0.450 e. The lowest BCUT2D eigenvalue weighted by molar-refractivity contribution is 0.144. The van der Waals surface area contributed by atoms with Crippen molar-refractivity contribution in [2.24, 2.45) is 5.92 Å². The average molecular weight is 217 g/mol. The van der Waals surface area contributed by atoms with Gasteiger partial charge >= 0.3 is 6.09 Å². The largest absolute Gasteiger partial charge is 0.450 e. The molecular formula is C11H23NO3. The molecule has 0 fully saturated rings. The third-order valence-electron chi connectivity index (χ3n) is 2.26. The summed E-state index contributed by atoms with van der Waals surface area (Å²) < 4.78 is 4.92. The fraction of sp³-hybridized carbons (Fsp3) is 0.909. The number of nitrogens with one attached hydrogen (secondary N) is 1. The van der Waals surface area contributed by atoms with Gasteiger partial charge in [0.25, 0.3) is 0 Å². The molecule has 0 aliphatic heterocycles. The second kappa shape index (κ2) is 9.77. The first kappa shape index (κ1) is 14.2. The van der Waals surface area contributed by atoms with Gasteiger partial charge in [0.1, 0.15) is 0 Å². The van der Waals surface area contributed by atoms with Crippen LogP contribution in [-0.4, -0.2) is 31.0 Å². The SMILES string of the molecule is CCCCOC(=O)NCC[C@H](C)CCO. The van der Waals surface area contributed by atoms with Gasteiger partial charge in [0.15, 0.2) is 0 Å². The van der Waals surface area contributed by atoms with E-state index in [9.17, 15) is 4.79 Å². The summed E-state index contributed by atoms with van der Waals surface area (Å²) in [6.07, 6.45) is 3.27. The van der Waals surface area contributed by atoms with Crippen LogP contribution in [0.15, 0.2) is 0 Å². The quantitative estimate of drug-likeness (QED) is 0.611. The Morgan fingerprint density at radius 3 is 2.80 bits per heavy atom. The Morgan fingerprint density at radius 2 is 2.20 bits per heavy atom. The molecule has 4 nitrogen and oxygen atoms in total. The highest BCUT2D eigenvalue weighted by Crippen LogP contribution is 2.04. The van der Waals surface area contributed by atoms with E-state index in [0.29, 0.717) is 19.1 Å². The van der Waals surface area contributed by atoms with Crippen molar-refractivity contribution in [2.75, 3.05) is 19.8 Å². The Balaban J connectivity index is 3.30. The Kier molecular flexibility index (Phi) is 9.27. The standard InChI is InChI=1S/C11H23NO3/c1-3-4-9-15-11(14)12-7-5-10(2)6-8-13/h10,13H,3-9H2,1-2H3,(H,12,14)/t10-/m0/s1. The maximum absolute atomic E-state index is 11.1. The van der Waals surface area contributed by atoms with Gasteiger partial charge in [0, 0.05) is 13.2 Å². The van der Waals surface area contributed by atoms with Crippen LogP contribution in [0.3, 0.4) is 0 Å². The molecule has 0 saturated heterocycles. The van der Waals surface area contributed by atoms with Crippen molar-refractivity contribution < 1.29 is 14.6 Å². The van der Waals surface area contributed by atoms with E-state index in [2.05, 4.69) is 19.2 Å². The summed E-state index contributed by atoms with van der Waals surface area (Å²) >= 11 is 0. The predicted molar refractivity (Wildman–Crippen MR) is 59.7 cm³/mol. The minimum atomic E-state index is -0.334. The first-order chi connectivity index (χ1) is 7.20. The zero-order chi connectivity index (χ0) is 11.5. The first-order valence-electron chi connectivity index (χ1n) is 5.72. The molecule has 0 aromatic carbocycles. The predicted octanol–water partition coefficient (Wildman–Crippen LogP) is 1.92. The van der Waals surface area contributed by atoms with Crippen LogP contribution < -0.4 is 5.32 Å².